The first-order valence-corrected chi connectivity index (χ1v) is 11.9. The second-order valence-corrected chi connectivity index (χ2v) is 8.87. The van der Waals surface area contributed by atoms with Gasteiger partial charge in [0.1, 0.15) is 12.4 Å². The van der Waals surface area contributed by atoms with Crippen molar-refractivity contribution in [3.8, 4) is 17.2 Å². The molecule has 186 valence electrons. The van der Waals surface area contributed by atoms with Gasteiger partial charge in [-0.3, -0.25) is 9.36 Å². The Morgan fingerprint density at radius 2 is 1.83 bits per heavy atom. The van der Waals surface area contributed by atoms with Crippen LogP contribution < -0.4 is 29.1 Å². The Balaban J connectivity index is 1.88. The number of ether oxygens (including phenoxy) is 4. The molecule has 4 rings (SSSR count). The number of hydrogen-bond donors (Lipinski definition) is 0. The lowest BCUT2D eigenvalue weighted by molar-refractivity contribution is -0.136. The fourth-order valence-electron chi connectivity index (χ4n) is 4.00. The van der Waals surface area contributed by atoms with E-state index in [4.69, 9.17) is 18.9 Å². The van der Waals surface area contributed by atoms with Crippen LogP contribution in [-0.4, -0.2) is 38.5 Å². The van der Waals surface area contributed by atoms with Crippen LogP contribution in [0.4, 0.5) is 0 Å². The fourth-order valence-corrected chi connectivity index (χ4v) is 5.04. The summed E-state index contributed by atoms with van der Waals surface area (Å²) in [4.78, 5) is 31.6. The molecular weight excluding hydrogens is 480 g/mol. The molecule has 0 fully saturated rings. The van der Waals surface area contributed by atoms with E-state index in [-0.39, 0.29) is 11.1 Å². The van der Waals surface area contributed by atoms with Crippen molar-refractivity contribution < 1.29 is 23.7 Å². The van der Waals surface area contributed by atoms with Crippen LogP contribution in [0.2, 0.25) is 0 Å². The van der Waals surface area contributed by atoms with Gasteiger partial charge in [-0.25, -0.2) is 9.79 Å². The number of nitrogens with zero attached hydrogens (tertiary/aromatic N) is 2. The second-order valence-electron chi connectivity index (χ2n) is 7.86. The molecule has 0 aliphatic carbocycles. The number of thiazole rings is 1. The van der Waals surface area contributed by atoms with E-state index in [1.165, 1.54) is 30.1 Å². The van der Waals surface area contributed by atoms with E-state index in [1.54, 1.807) is 44.4 Å². The number of fused-ring (bicyclic) bond motifs is 1. The molecule has 0 saturated carbocycles. The number of carbonyl (C=O) groups excluding carboxylic acids is 1. The lowest BCUT2D eigenvalue weighted by Crippen LogP contribution is -2.39. The predicted octanol–water partition coefficient (Wildman–Crippen LogP) is 2.99. The van der Waals surface area contributed by atoms with Crippen LogP contribution in [0.25, 0.3) is 6.08 Å². The maximum atomic E-state index is 13.7. The van der Waals surface area contributed by atoms with Gasteiger partial charge in [-0.05, 0) is 48.4 Å². The van der Waals surface area contributed by atoms with E-state index in [2.05, 4.69) is 11.6 Å². The highest BCUT2D eigenvalue weighted by atomic mass is 32.1. The summed E-state index contributed by atoms with van der Waals surface area (Å²) >= 11 is 1.26. The summed E-state index contributed by atoms with van der Waals surface area (Å²) in [5, 5.41) is 0. The zero-order chi connectivity index (χ0) is 25.8. The maximum Gasteiger partial charge on any atom is 0.338 e. The summed E-state index contributed by atoms with van der Waals surface area (Å²) in [5.41, 5.74) is 2.00. The summed E-state index contributed by atoms with van der Waals surface area (Å²) < 4.78 is 23.4. The Hall–Kier alpha value is -4.11. The molecule has 36 heavy (non-hydrogen) atoms. The first-order valence-electron chi connectivity index (χ1n) is 11.1. The largest absolute Gasteiger partial charge is 0.493 e. The van der Waals surface area contributed by atoms with Crippen molar-refractivity contribution >= 4 is 23.4 Å². The monoisotopic (exact) mass is 506 g/mol. The van der Waals surface area contributed by atoms with Crippen LogP contribution in [0.5, 0.6) is 17.2 Å². The van der Waals surface area contributed by atoms with Crippen LogP contribution in [-0.2, 0) is 9.53 Å². The Labute approximate surface area is 212 Å². The first kappa shape index (κ1) is 25.0. The Bertz CT molecular complexity index is 1520. The molecular formula is C27H26N2O6S. The van der Waals surface area contributed by atoms with Gasteiger partial charge < -0.3 is 18.9 Å². The standard InChI is InChI=1S/C27H26N2O6S/c1-6-13-35-19-10-7-17(8-11-19)14-22-25(30)29-24(18-9-12-20(32-3)21(15-18)33-4)23(26(31)34-5)16(2)28-27(29)36-22/h6-12,14-15,24H,1,13H2,2-5H3/b22-14-/t24-/m0/s1. The smallest absolute Gasteiger partial charge is 0.338 e. The topological polar surface area (TPSA) is 88.3 Å². The highest BCUT2D eigenvalue weighted by molar-refractivity contribution is 7.07. The molecule has 0 radical (unpaired) electrons. The van der Waals surface area contributed by atoms with Gasteiger partial charge in [-0.2, -0.15) is 0 Å². The highest BCUT2D eigenvalue weighted by Crippen LogP contribution is 2.35. The molecule has 2 aromatic carbocycles. The molecule has 0 spiro atoms. The summed E-state index contributed by atoms with van der Waals surface area (Å²) in [7, 11) is 4.38. The molecule has 9 heteroatoms. The van der Waals surface area contributed by atoms with Crippen molar-refractivity contribution in [1.29, 1.82) is 0 Å². The molecule has 0 N–H and O–H groups in total. The van der Waals surface area contributed by atoms with E-state index in [0.717, 1.165) is 5.56 Å². The molecule has 8 nitrogen and oxygen atoms in total. The van der Waals surface area contributed by atoms with Gasteiger partial charge in [-0.1, -0.05) is 42.2 Å². The van der Waals surface area contributed by atoms with Gasteiger partial charge in [0, 0.05) is 0 Å². The number of benzene rings is 2. The lowest BCUT2D eigenvalue weighted by atomic mass is 9.95. The van der Waals surface area contributed by atoms with E-state index in [0.29, 0.717) is 44.4 Å². The Morgan fingerprint density at radius 3 is 2.47 bits per heavy atom. The molecule has 0 unspecified atom stereocenters. The molecule has 2 heterocycles. The average molecular weight is 507 g/mol. The average Bonchev–Trinajstić information content (AvgIpc) is 3.20. The normalized spacial score (nSPS) is 15.1. The van der Waals surface area contributed by atoms with Crippen LogP contribution in [0.3, 0.4) is 0 Å². The fraction of sp³-hybridized carbons (Fsp3) is 0.222. The zero-order valence-corrected chi connectivity index (χ0v) is 21.3. The molecule has 1 aliphatic heterocycles. The van der Waals surface area contributed by atoms with Gasteiger partial charge in [0.15, 0.2) is 16.3 Å². The molecule has 1 aliphatic rings. The summed E-state index contributed by atoms with van der Waals surface area (Å²) in [6, 6.07) is 11.9. The molecule has 0 bridgehead atoms. The maximum absolute atomic E-state index is 13.7. The SMILES string of the molecule is C=CCOc1ccc(/C=c2\sc3n(c2=O)[C@@H](c2ccc(OC)c(OC)c2)C(C(=O)OC)=C(C)N=3)cc1. The Kier molecular flexibility index (Phi) is 7.40. The highest BCUT2D eigenvalue weighted by Gasteiger charge is 2.33. The molecule has 3 aromatic rings. The van der Waals surface area contributed by atoms with Crippen molar-refractivity contribution in [2.24, 2.45) is 4.99 Å². The summed E-state index contributed by atoms with van der Waals surface area (Å²) in [6.07, 6.45) is 3.47. The van der Waals surface area contributed by atoms with E-state index < -0.39 is 12.0 Å². The van der Waals surface area contributed by atoms with Crippen molar-refractivity contribution in [2.45, 2.75) is 13.0 Å². The van der Waals surface area contributed by atoms with Crippen LogP contribution in [0.15, 0.2) is 76.2 Å². The van der Waals surface area contributed by atoms with Crippen LogP contribution in [0.1, 0.15) is 24.1 Å². The van der Waals surface area contributed by atoms with Crippen LogP contribution >= 0.6 is 11.3 Å². The third kappa shape index (κ3) is 4.70. The molecule has 0 amide bonds. The predicted molar refractivity (Wildman–Crippen MR) is 137 cm³/mol. The van der Waals surface area contributed by atoms with E-state index in [9.17, 15) is 9.59 Å². The van der Waals surface area contributed by atoms with Gasteiger partial charge in [-0.15, -0.1) is 0 Å². The van der Waals surface area contributed by atoms with E-state index in [1.807, 2.05) is 24.3 Å². The summed E-state index contributed by atoms with van der Waals surface area (Å²) in [5.74, 6) is 1.17. The number of allylic oxidation sites excluding steroid dienone is 1. The minimum atomic E-state index is -0.745. The summed E-state index contributed by atoms with van der Waals surface area (Å²) in [6.45, 7) is 5.79. The van der Waals surface area contributed by atoms with Gasteiger partial charge in [0.2, 0.25) is 0 Å². The lowest BCUT2D eigenvalue weighted by Gasteiger charge is -2.25. The first-order chi connectivity index (χ1) is 17.4. The van der Waals surface area contributed by atoms with Crippen molar-refractivity contribution in [3.63, 3.8) is 0 Å². The zero-order valence-electron chi connectivity index (χ0n) is 20.4. The third-order valence-electron chi connectivity index (χ3n) is 5.70. The molecule has 0 saturated heterocycles. The van der Waals surface area contributed by atoms with Crippen molar-refractivity contribution in [2.75, 3.05) is 27.9 Å². The second kappa shape index (κ2) is 10.7. The van der Waals surface area contributed by atoms with Gasteiger partial charge in [0.05, 0.1) is 43.2 Å². The number of aromatic nitrogens is 1. The third-order valence-corrected chi connectivity index (χ3v) is 6.68. The number of carbonyl (C=O) groups is 1. The van der Waals surface area contributed by atoms with E-state index >= 15 is 0 Å². The Morgan fingerprint density at radius 1 is 1.11 bits per heavy atom. The molecule has 1 atom stereocenters. The minimum Gasteiger partial charge on any atom is -0.493 e. The molecule has 1 aromatic heterocycles. The number of esters is 1. The number of hydrogen-bond acceptors (Lipinski definition) is 8. The van der Waals surface area contributed by atoms with Crippen LogP contribution in [0, 0.1) is 0 Å². The quantitative estimate of drug-likeness (QED) is 0.345. The van der Waals surface area contributed by atoms with Gasteiger partial charge >= 0.3 is 5.97 Å². The number of rotatable bonds is 8. The minimum absolute atomic E-state index is 0.264. The van der Waals surface area contributed by atoms with Crippen molar-refractivity contribution in [3.05, 3.63) is 97.2 Å². The number of methoxy groups -OCH3 is 3. The van der Waals surface area contributed by atoms with Crippen molar-refractivity contribution in [1.82, 2.24) is 4.57 Å². The van der Waals surface area contributed by atoms with Gasteiger partial charge in [0.25, 0.3) is 5.56 Å².